The maximum atomic E-state index is 13.4. The van der Waals surface area contributed by atoms with Gasteiger partial charge in [-0.15, -0.1) is 0 Å². The molecule has 1 saturated carbocycles. The van der Waals surface area contributed by atoms with Gasteiger partial charge in [0.05, 0.1) is 23.0 Å². The molecule has 0 spiro atoms. The fourth-order valence-electron chi connectivity index (χ4n) is 7.72. The molecule has 1 aliphatic carbocycles. The fraction of sp³-hybridized carbons (Fsp3) is 0.531. The van der Waals surface area contributed by atoms with Crippen LogP contribution in [0.4, 0.5) is 0 Å². The Morgan fingerprint density at radius 1 is 0.949 bits per heavy atom. The molecule has 7 heteroatoms. The van der Waals surface area contributed by atoms with E-state index in [-0.39, 0.29) is 29.8 Å². The molecule has 2 N–H and O–H groups in total. The molecule has 0 radical (unpaired) electrons. The highest BCUT2D eigenvalue weighted by Gasteiger charge is 2.42. The number of fused-ring (bicyclic) bond motifs is 3. The van der Waals surface area contributed by atoms with E-state index >= 15 is 0 Å². The van der Waals surface area contributed by atoms with Crippen LogP contribution in [0.15, 0.2) is 54.6 Å². The first-order valence-electron chi connectivity index (χ1n) is 14.8. The van der Waals surface area contributed by atoms with Gasteiger partial charge in [0.2, 0.25) is 11.8 Å². The smallest absolute Gasteiger partial charge is 0.225 e. The zero-order valence-corrected chi connectivity index (χ0v) is 23.2. The number of nitrogens with zero attached hydrogens (tertiary/aromatic N) is 3. The molecule has 3 aromatic rings. The van der Waals surface area contributed by atoms with Gasteiger partial charge in [0.15, 0.2) is 0 Å². The Morgan fingerprint density at radius 3 is 2.41 bits per heavy atom. The van der Waals surface area contributed by atoms with E-state index in [1.165, 1.54) is 25.3 Å². The normalized spacial score (nSPS) is 27.5. The van der Waals surface area contributed by atoms with Gasteiger partial charge in [-0.25, -0.2) is 4.98 Å². The Kier molecular flexibility index (Phi) is 7.43. The molecule has 4 unspecified atom stereocenters. The summed E-state index contributed by atoms with van der Waals surface area (Å²) in [6.45, 7) is 4.65. The predicted octanol–water partition coefficient (Wildman–Crippen LogP) is 5.07. The Labute approximate surface area is 231 Å². The zero-order chi connectivity index (χ0) is 26.9. The molecule has 2 aliphatic heterocycles. The highest BCUT2D eigenvalue weighted by atomic mass is 16.2. The summed E-state index contributed by atoms with van der Waals surface area (Å²) in [5, 5.41) is 6.40. The third-order valence-corrected chi connectivity index (χ3v) is 9.43. The first kappa shape index (κ1) is 26.1. The molecule has 206 valence electrons. The summed E-state index contributed by atoms with van der Waals surface area (Å²) in [6.07, 6.45) is 8.36. The maximum Gasteiger partial charge on any atom is 0.225 e. The van der Waals surface area contributed by atoms with Crippen LogP contribution >= 0.6 is 0 Å². The van der Waals surface area contributed by atoms with Crippen LogP contribution in [0.1, 0.15) is 81.8 Å². The highest BCUT2D eigenvalue weighted by Crippen LogP contribution is 2.42. The topological polar surface area (TPSA) is 79.3 Å². The first-order valence-corrected chi connectivity index (χ1v) is 14.8. The average Bonchev–Trinajstić information content (AvgIpc) is 3.59. The summed E-state index contributed by atoms with van der Waals surface area (Å²) in [7, 11) is 0. The Morgan fingerprint density at radius 2 is 1.67 bits per heavy atom. The second-order valence-electron chi connectivity index (χ2n) is 11.9. The van der Waals surface area contributed by atoms with Crippen LogP contribution in [0, 0.1) is 12.8 Å². The summed E-state index contributed by atoms with van der Waals surface area (Å²) in [6, 6.07) is 20.4. The minimum atomic E-state index is -0.153. The zero-order valence-electron chi connectivity index (χ0n) is 23.2. The van der Waals surface area contributed by atoms with Crippen LogP contribution in [-0.2, 0) is 9.59 Å². The van der Waals surface area contributed by atoms with E-state index in [9.17, 15) is 9.59 Å². The summed E-state index contributed by atoms with van der Waals surface area (Å²) < 4.78 is 2.48. The van der Waals surface area contributed by atoms with Crippen LogP contribution in [0.5, 0.6) is 0 Å². The number of aryl methyl sites for hydroxylation is 1. The summed E-state index contributed by atoms with van der Waals surface area (Å²) >= 11 is 0. The number of piperidine rings is 1. The monoisotopic (exact) mass is 527 g/mol. The molecule has 1 aromatic heterocycles. The molecule has 2 saturated heterocycles. The number of hydrogen-bond donors (Lipinski definition) is 2. The number of amides is 2. The molecule has 3 aliphatic rings. The number of carbonyl (C=O) groups is 2. The van der Waals surface area contributed by atoms with E-state index in [1.807, 2.05) is 6.07 Å². The molecule has 5 atom stereocenters. The molecular weight excluding hydrogens is 486 g/mol. The lowest BCUT2D eigenvalue weighted by Crippen LogP contribution is -2.46. The van der Waals surface area contributed by atoms with E-state index in [4.69, 9.17) is 4.98 Å². The standard InChI is InChI=1S/C32H41N5O2/c1-21-33-30-12-6-7-14-31(30)37(21)26-19-24-15-16-25(20-26)36(24)18-17-28(23-9-4-3-5-10-23)35-32(39)27-11-8-13-29(27)34-22(2)38/h3-7,9-10,12,14,24-29H,8,11,13,15-20H2,1-2H3,(H,34,38)(H,35,39)/t24?,25?,26?,27?,28-,29?/m1/s1. The van der Waals surface area contributed by atoms with Crippen LogP contribution in [-0.4, -0.2) is 50.9 Å². The van der Waals surface area contributed by atoms with Gasteiger partial charge in [-0.1, -0.05) is 48.9 Å². The van der Waals surface area contributed by atoms with Crippen molar-refractivity contribution in [3.05, 3.63) is 66.0 Å². The van der Waals surface area contributed by atoms with Crippen LogP contribution in [0.2, 0.25) is 0 Å². The quantitative estimate of drug-likeness (QED) is 0.429. The lowest BCUT2D eigenvalue weighted by Gasteiger charge is -2.40. The van der Waals surface area contributed by atoms with Gasteiger partial charge in [0.25, 0.3) is 0 Å². The van der Waals surface area contributed by atoms with Gasteiger partial charge in [-0.05, 0) is 69.6 Å². The van der Waals surface area contributed by atoms with E-state index in [0.29, 0.717) is 18.1 Å². The lowest BCUT2D eigenvalue weighted by atomic mass is 9.95. The average molecular weight is 528 g/mol. The first-order chi connectivity index (χ1) is 19.0. The van der Waals surface area contributed by atoms with Crippen molar-refractivity contribution in [3.63, 3.8) is 0 Å². The number of carbonyl (C=O) groups excluding carboxylic acids is 2. The predicted molar refractivity (Wildman–Crippen MR) is 153 cm³/mol. The third kappa shape index (κ3) is 5.33. The van der Waals surface area contributed by atoms with E-state index in [1.54, 1.807) is 0 Å². The van der Waals surface area contributed by atoms with Gasteiger partial charge in [-0.3, -0.25) is 14.5 Å². The lowest BCUT2D eigenvalue weighted by molar-refractivity contribution is -0.127. The summed E-state index contributed by atoms with van der Waals surface area (Å²) in [5.41, 5.74) is 3.50. The largest absolute Gasteiger partial charge is 0.353 e. The van der Waals surface area contributed by atoms with Crippen molar-refractivity contribution in [3.8, 4) is 0 Å². The highest BCUT2D eigenvalue weighted by molar-refractivity contribution is 5.82. The molecule has 3 heterocycles. The second-order valence-corrected chi connectivity index (χ2v) is 11.9. The van der Waals surface area contributed by atoms with Gasteiger partial charge in [0, 0.05) is 37.6 Å². The summed E-state index contributed by atoms with van der Waals surface area (Å²) in [5.74, 6) is 0.979. The van der Waals surface area contributed by atoms with Crippen LogP contribution in [0.25, 0.3) is 11.0 Å². The number of rotatable bonds is 8. The number of benzene rings is 2. The minimum Gasteiger partial charge on any atom is -0.353 e. The van der Waals surface area contributed by atoms with Crippen molar-refractivity contribution in [1.82, 2.24) is 25.1 Å². The van der Waals surface area contributed by atoms with Gasteiger partial charge in [-0.2, -0.15) is 0 Å². The minimum absolute atomic E-state index is 0.0331. The number of nitrogens with one attached hydrogen (secondary N) is 2. The Hall–Kier alpha value is -3.19. The molecule has 3 fully saturated rings. The molecule has 6 rings (SSSR count). The molecule has 39 heavy (non-hydrogen) atoms. The molecule has 7 nitrogen and oxygen atoms in total. The second kappa shape index (κ2) is 11.1. The van der Waals surface area contributed by atoms with Gasteiger partial charge >= 0.3 is 0 Å². The van der Waals surface area contributed by atoms with Crippen molar-refractivity contribution in [2.45, 2.75) is 95.4 Å². The van der Waals surface area contributed by atoms with Crippen LogP contribution in [0.3, 0.4) is 0 Å². The van der Waals surface area contributed by atoms with E-state index in [2.05, 4.69) is 75.6 Å². The third-order valence-electron chi connectivity index (χ3n) is 9.43. The van der Waals surface area contributed by atoms with Crippen molar-refractivity contribution >= 4 is 22.8 Å². The number of hydrogen-bond acceptors (Lipinski definition) is 4. The number of para-hydroxylation sites is 2. The number of aromatic nitrogens is 2. The van der Waals surface area contributed by atoms with Crippen LogP contribution < -0.4 is 10.6 Å². The van der Waals surface area contributed by atoms with Crippen molar-refractivity contribution in [2.75, 3.05) is 6.54 Å². The SMILES string of the molecule is CC(=O)NC1CCCC1C(=O)N[C@H](CCN1C2CCC1CC(n1c(C)nc3ccccc31)C2)c1ccccc1. The van der Waals surface area contributed by atoms with E-state index in [0.717, 1.165) is 62.0 Å². The molecule has 2 aromatic carbocycles. The Balaban J connectivity index is 1.14. The van der Waals surface area contributed by atoms with Crippen molar-refractivity contribution < 1.29 is 9.59 Å². The maximum absolute atomic E-state index is 13.4. The van der Waals surface area contributed by atoms with Gasteiger partial charge < -0.3 is 15.2 Å². The van der Waals surface area contributed by atoms with Gasteiger partial charge in [0.1, 0.15) is 5.82 Å². The Bertz CT molecular complexity index is 1310. The fourth-order valence-corrected chi connectivity index (χ4v) is 7.72. The molecular formula is C32H41N5O2. The molecule has 2 bridgehead atoms. The molecule has 2 amide bonds. The summed E-state index contributed by atoms with van der Waals surface area (Å²) in [4.78, 5) is 32.7. The number of imidazole rings is 1. The van der Waals surface area contributed by atoms with Crippen molar-refractivity contribution in [2.24, 2.45) is 5.92 Å². The van der Waals surface area contributed by atoms with E-state index < -0.39 is 0 Å². The van der Waals surface area contributed by atoms with Crippen molar-refractivity contribution in [1.29, 1.82) is 0 Å².